The Morgan fingerprint density at radius 1 is 1.56 bits per heavy atom. The lowest BCUT2D eigenvalue weighted by molar-refractivity contribution is -0.0666. The van der Waals surface area contributed by atoms with Crippen LogP contribution in [0.5, 0.6) is 0 Å². The fraction of sp³-hybridized carbons (Fsp3) is 0.750. The SMILES string of the molecule is COCc1c(CN)nnn1CC(F)(F)CO. The minimum Gasteiger partial charge on any atom is -0.390 e. The Hall–Kier alpha value is -1.12. The van der Waals surface area contributed by atoms with Crippen LogP contribution in [0.1, 0.15) is 11.4 Å². The third-order valence-electron chi connectivity index (χ3n) is 2.00. The molecule has 0 aliphatic carbocycles. The highest BCUT2D eigenvalue weighted by atomic mass is 19.3. The fourth-order valence-electron chi connectivity index (χ4n) is 1.22. The van der Waals surface area contributed by atoms with E-state index in [0.29, 0.717) is 11.4 Å². The van der Waals surface area contributed by atoms with Gasteiger partial charge in [-0.3, -0.25) is 0 Å². The van der Waals surface area contributed by atoms with E-state index in [1.165, 1.54) is 7.11 Å². The molecule has 1 heterocycles. The quantitative estimate of drug-likeness (QED) is 0.696. The molecular weight excluding hydrogens is 222 g/mol. The number of aromatic nitrogens is 3. The van der Waals surface area contributed by atoms with E-state index in [1.54, 1.807) is 0 Å². The van der Waals surface area contributed by atoms with Crippen molar-refractivity contribution in [3.05, 3.63) is 11.4 Å². The van der Waals surface area contributed by atoms with Gasteiger partial charge in [-0.25, -0.2) is 13.5 Å². The van der Waals surface area contributed by atoms with Crippen LogP contribution in [0.4, 0.5) is 8.78 Å². The summed E-state index contributed by atoms with van der Waals surface area (Å²) in [5.41, 5.74) is 6.20. The number of aliphatic hydroxyl groups excluding tert-OH is 1. The normalized spacial score (nSPS) is 12.1. The van der Waals surface area contributed by atoms with Crippen LogP contribution in [0.25, 0.3) is 0 Å². The first-order valence-electron chi connectivity index (χ1n) is 4.63. The summed E-state index contributed by atoms with van der Waals surface area (Å²) in [6, 6.07) is 0. The Labute approximate surface area is 91.0 Å². The summed E-state index contributed by atoms with van der Waals surface area (Å²) < 4.78 is 31.8. The van der Waals surface area contributed by atoms with Gasteiger partial charge in [0.1, 0.15) is 18.8 Å². The zero-order valence-electron chi connectivity index (χ0n) is 8.86. The predicted octanol–water partition coefficient (Wildman–Crippen LogP) is -0.489. The Bertz CT molecular complexity index is 343. The van der Waals surface area contributed by atoms with Crippen LogP contribution < -0.4 is 5.73 Å². The number of methoxy groups -OCH3 is 1. The van der Waals surface area contributed by atoms with Gasteiger partial charge in [-0.1, -0.05) is 5.21 Å². The number of nitrogens with two attached hydrogens (primary N) is 1. The molecule has 1 aromatic rings. The van der Waals surface area contributed by atoms with Crippen molar-refractivity contribution in [1.29, 1.82) is 0 Å². The largest absolute Gasteiger partial charge is 0.390 e. The van der Waals surface area contributed by atoms with Crippen molar-refractivity contribution in [2.45, 2.75) is 25.6 Å². The van der Waals surface area contributed by atoms with E-state index in [0.717, 1.165) is 4.68 Å². The summed E-state index contributed by atoms with van der Waals surface area (Å²) in [5.74, 6) is -3.23. The Kier molecular flexibility index (Phi) is 4.27. The van der Waals surface area contributed by atoms with E-state index >= 15 is 0 Å². The molecule has 16 heavy (non-hydrogen) atoms. The number of aliphatic hydroxyl groups is 1. The van der Waals surface area contributed by atoms with E-state index in [9.17, 15) is 8.78 Å². The smallest absolute Gasteiger partial charge is 0.289 e. The molecule has 0 bridgehead atoms. The van der Waals surface area contributed by atoms with Crippen LogP contribution in [-0.4, -0.2) is 39.7 Å². The zero-order chi connectivity index (χ0) is 12.2. The summed E-state index contributed by atoms with van der Waals surface area (Å²) in [4.78, 5) is 0. The van der Waals surface area contributed by atoms with Gasteiger partial charge in [-0.05, 0) is 0 Å². The Balaban J connectivity index is 2.91. The first kappa shape index (κ1) is 12.9. The summed E-state index contributed by atoms with van der Waals surface area (Å²) >= 11 is 0. The fourth-order valence-corrected chi connectivity index (χ4v) is 1.22. The maximum absolute atomic E-state index is 13.0. The molecule has 0 saturated carbocycles. The molecule has 0 radical (unpaired) electrons. The number of halogens is 2. The van der Waals surface area contributed by atoms with Crippen molar-refractivity contribution >= 4 is 0 Å². The maximum atomic E-state index is 13.0. The standard InChI is InChI=1S/C8H14F2N4O2/c1-16-3-7-6(2-11)12-13-14(7)4-8(9,10)5-15/h15H,2-5,11H2,1H3. The second-order valence-electron chi connectivity index (χ2n) is 3.29. The Morgan fingerprint density at radius 2 is 2.25 bits per heavy atom. The van der Waals surface area contributed by atoms with Gasteiger partial charge in [0.25, 0.3) is 5.92 Å². The molecule has 0 amide bonds. The summed E-state index contributed by atoms with van der Waals surface area (Å²) in [6.07, 6.45) is 0. The summed E-state index contributed by atoms with van der Waals surface area (Å²) in [6.45, 7) is -1.78. The van der Waals surface area contributed by atoms with Crippen LogP contribution in [-0.2, 0) is 24.4 Å². The number of nitrogens with zero attached hydrogens (tertiary/aromatic N) is 3. The van der Waals surface area contributed by atoms with Crippen molar-refractivity contribution in [2.24, 2.45) is 5.73 Å². The number of rotatable bonds is 6. The van der Waals surface area contributed by atoms with E-state index in [4.69, 9.17) is 15.6 Å². The summed E-state index contributed by atoms with van der Waals surface area (Å²) in [5, 5.41) is 15.7. The molecule has 0 aliphatic rings. The molecule has 0 aliphatic heterocycles. The van der Waals surface area contributed by atoms with Crippen LogP contribution in [0.15, 0.2) is 0 Å². The van der Waals surface area contributed by atoms with E-state index in [2.05, 4.69) is 10.3 Å². The molecule has 1 rings (SSSR count). The number of hydrogen-bond acceptors (Lipinski definition) is 5. The lowest BCUT2D eigenvalue weighted by Crippen LogP contribution is -2.29. The molecular formula is C8H14F2N4O2. The van der Waals surface area contributed by atoms with Gasteiger partial charge in [-0.15, -0.1) is 5.10 Å². The van der Waals surface area contributed by atoms with Gasteiger partial charge < -0.3 is 15.6 Å². The average molecular weight is 236 g/mol. The lowest BCUT2D eigenvalue weighted by Gasteiger charge is -2.14. The molecule has 92 valence electrons. The second-order valence-corrected chi connectivity index (χ2v) is 3.29. The van der Waals surface area contributed by atoms with Crippen molar-refractivity contribution < 1.29 is 18.6 Å². The molecule has 0 saturated heterocycles. The topological polar surface area (TPSA) is 86.2 Å². The average Bonchev–Trinajstić information content (AvgIpc) is 2.61. The van der Waals surface area contributed by atoms with Crippen molar-refractivity contribution in [2.75, 3.05) is 13.7 Å². The molecule has 0 spiro atoms. The van der Waals surface area contributed by atoms with Gasteiger partial charge in [0.2, 0.25) is 0 Å². The highest BCUT2D eigenvalue weighted by molar-refractivity contribution is 5.09. The van der Waals surface area contributed by atoms with Crippen molar-refractivity contribution in [1.82, 2.24) is 15.0 Å². The first-order valence-corrected chi connectivity index (χ1v) is 4.63. The first-order chi connectivity index (χ1) is 7.54. The monoisotopic (exact) mass is 236 g/mol. The van der Waals surface area contributed by atoms with Gasteiger partial charge in [0.05, 0.1) is 12.3 Å². The molecule has 1 aromatic heterocycles. The van der Waals surface area contributed by atoms with Crippen LogP contribution in [0.3, 0.4) is 0 Å². The maximum Gasteiger partial charge on any atom is 0.289 e. The highest BCUT2D eigenvalue weighted by Gasteiger charge is 2.30. The molecule has 0 aromatic carbocycles. The van der Waals surface area contributed by atoms with Gasteiger partial charge >= 0.3 is 0 Å². The van der Waals surface area contributed by atoms with Crippen LogP contribution in [0, 0.1) is 0 Å². The minimum atomic E-state index is -3.23. The second kappa shape index (κ2) is 5.28. The highest BCUT2D eigenvalue weighted by Crippen LogP contribution is 2.17. The summed E-state index contributed by atoms with van der Waals surface area (Å²) in [7, 11) is 1.43. The van der Waals surface area contributed by atoms with E-state index in [-0.39, 0.29) is 13.2 Å². The van der Waals surface area contributed by atoms with E-state index < -0.39 is 19.1 Å². The third kappa shape index (κ3) is 2.94. The minimum absolute atomic E-state index is 0.0983. The van der Waals surface area contributed by atoms with Crippen molar-refractivity contribution in [3.8, 4) is 0 Å². The number of hydrogen-bond donors (Lipinski definition) is 2. The number of alkyl halides is 2. The van der Waals surface area contributed by atoms with Gasteiger partial charge in [0, 0.05) is 13.7 Å². The van der Waals surface area contributed by atoms with Gasteiger partial charge in [0.15, 0.2) is 0 Å². The van der Waals surface area contributed by atoms with E-state index in [1.807, 2.05) is 0 Å². The van der Waals surface area contributed by atoms with Crippen molar-refractivity contribution in [3.63, 3.8) is 0 Å². The third-order valence-corrected chi connectivity index (χ3v) is 2.00. The lowest BCUT2D eigenvalue weighted by atomic mass is 10.3. The number of ether oxygens (including phenoxy) is 1. The molecule has 8 heteroatoms. The molecule has 3 N–H and O–H groups in total. The predicted molar refractivity (Wildman–Crippen MR) is 50.7 cm³/mol. The Morgan fingerprint density at radius 3 is 2.75 bits per heavy atom. The molecule has 6 nitrogen and oxygen atoms in total. The van der Waals surface area contributed by atoms with Crippen LogP contribution in [0.2, 0.25) is 0 Å². The molecule has 0 atom stereocenters. The molecule has 0 unspecified atom stereocenters. The molecule has 0 fully saturated rings. The zero-order valence-corrected chi connectivity index (χ0v) is 8.86. The van der Waals surface area contributed by atoms with Gasteiger partial charge in [-0.2, -0.15) is 0 Å². The van der Waals surface area contributed by atoms with Crippen LogP contribution >= 0.6 is 0 Å².